The van der Waals surface area contributed by atoms with E-state index in [9.17, 15) is 0 Å². The fourth-order valence-corrected chi connectivity index (χ4v) is 18.5. The Labute approximate surface area is 340 Å². The molecule has 0 heterocycles. The summed E-state index contributed by atoms with van der Waals surface area (Å²) in [4.78, 5) is 0. The second-order valence-corrected chi connectivity index (χ2v) is 34.3. The van der Waals surface area contributed by atoms with E-state index in [4.69, 9.17) is 0 Å². The minimum atomic E-state index is -2.90. The molecule has 0 nitrogen and oxygen atoms in total. The maximum Gasteiger partial charge on any atom is -1.00 e. The quantitative estimate of drug-likeness (QED) is 0.250. The third-order valence-corrected chi connectivity index (χ3v) is 22.7. The first kappa shape index (κ1) is 47.4. The maximum absolute atomic E-state index is 2.90. The average molecular weight is 818 g/mol. The van der Waals surface area contributed by atoms with Crippen LogP contribution in [0.2, 0.25) is 44.3 Å². The summed E-state index contributed by atoms with van der Waals surface area (Å²) < 4.78 is 1.56. The van der Waals surface area contributed by atoms with Crippen LogP contribution >= 0.6 is 0 Å². The molecule has 0 spiro atoms. The second kappa shape index (κ2) is 15.6. The number of halogens is 3. The van der Waals surface area contributed by atoms with Gasteiger partial charge in [-0.2, -0.15) is 0 Å². The van der Waals surface area contributed by atoms with E-state index in [2.05, 4.69) is 197 Å². The van der Waals surface area contributed by atoms with Crippen molar-refractivity contribution < 1.29 is 57.7 Å². The number of allylic oxidation sites excluding steroid dienone is 4. The summed E-state index contributed by atoms with van der Waals surface area (Å²) in [6, 6.07) is 23.5. The van der Waals surface area contributed by atoms with Crippen LogP contribution in [0.4, 0.5) is 0 Å². The molecule has 4 rings (SSSR count). The van der Waals surface area contributed by atoms with Gasteiger partial charge in [0.2, 0.25) is 0 Å². The first-order valence-electron chi connectivity index (χ1n) is 17.7. The first-order chi connectivity index (χ1) is 21.2. The van der Waals surface area contributed by atoms with E-state index >= 15 is 0 Å². The molecule has 1 aliphatic carbocycles. The van der Waals surface area contributed by atoms with Gasteiger partial charge in [-0.3, -0.25) is 0 Å². The van der Waals surface area contributed by atoms with Gasteiger partial charge in [0.05, 0.1) is 0 Å². The number of hydrogen-bond donors (Lipinski definition) is 0. The number of aryl methyl sites for hydroxylation is 2. The van der Waals surface area contributed by atoms with E-state index in [-0.39, 0.29) is 53.1 Å². The molecule has 272 valence electrons. The topological polar surface area (TPSA) is 0 Å². The normalized spacial score (nSPS) is 18.3. The minimum absolute atomic E-state index is 0. The van der Waals surface area contributed by atoms with Crippen LogP contribution in [0.25, 0.3) is 0 Å². The van der Waals surface area contributed by atoms with Crippen LogP contribution in [0.15, 0.2) is 75.2 Å². The van der Waals surface area contributed by atoms with Gasteiger partial charge >= 0.3 is 306 Å². The summed E-state index contributed by atoms with van der Waals surface area (Å²) in [7, 11) is -6.23. The zero-order chi connectivity index (χ0) is 35.9. The van der Waals surface area contributed by atoms with E-state index in [1.54, 1.807) is 35.4 Å². The second-order valence-electron chi connectivity index (χ2n) is 19.1. The van der Waals surface area contributed by atoms with Gasteiger partial charge in [-0.25, -0.2) is 0 Å². The standard InChI is InChI=1S/C43H63Si3.3ClH.Ti/c1-29-19-30(2)21-38(20-29)46(43(12)28-31(3)32(4)33(43)5,39-23-34(41(6,7)8)22-35(24-39)42(9,10)11)40-26-36(44(13,14)15)25-37(27-40)45(16,17)18;;;;/h19-27H,1-18H3;3*1H;/q;;;;+3/p-3. The van der Waals surface area contributed by atoms with E-state index in [0.29, 0.717) is 0 Å². The van der Waals surface area contributed by atoms with Crippen LogP contribution in [0.1, 0.15) is 91.5 Å². The molecular formula is C43H63Cl3Si3Ti. The Hall–Kier alpha value is -0.625. The Morgan fingerprint density at radius 3 is 1.14 bits per heavy atom. The molecule has 3 aromatic carbocycles. The summed E-state index contributed by atoms with van der Waals surface area (Å²) in [5.41, 5.74) is 10.2. The van der Waals surface area contributed by atoms with Gasteiger partial charge in [0.25, 0.3) is 0 Å². The molecule has 2 unspecified atom stereocenters. The van der Waals surface area contributed by atoms with Crippen LogP contribution in [-0.2, 0) is 31.3 Å². The van der Waals surface area contributed by atoms with Gasteiger partial charge < -0.3 is 37.2 Å². The molecular weight excluding hydrogens is 755 g/mol. The van der Waals surface area contributed by atoms with Crippen molar-refractivity contribution in [3.05, 3.63) is 97.4 Å². The fraction of sp³-hybridized carbons (Fsp3) is 0.488. The molecule has 0 aromatic heterocycles. The molecule has 0 bridgehead atoms. The summed E-state index contributed by atoms with van der Waals surface area (Å²) in [5.74, 6) is 0. The summed E-state index contributed by atoms with van der Waals surface area (Å²) in [6.45, 7) is 44.2. The molecule has 0 radical (unpaired) electrons. The summed E-state index contributed by atoms with van der Waals surface area (Å²) in [6.07, 6.45) is 0. The van der Waals surface area contributed by atoms with Crippen LogP contribution in [-0.4, -0.2) is 24.2 Å². The molecule has 0 N–H and O–H groups in total. The molecule has 0 saturated carbocycles. The third kappa shape index (κ3) is 8.36. The smallest absolute Gasteiger partial charge is 1.00 e. The number of rotatable bonds is 6. The van der Waals surface area contributed by atoms with Crippen molar-refractivity contribution in [2.75, 3.05) is 0 Å². The molecule has 0 saturated heterocycles. The van der Waals surface area contributed by atoms with Gasteiger partial charge in [0.1, 0.15) is 0 Å². The Morgan fingerprint density at radius 2 is 0.820 bits per heavy atom. The Bertz CT molecular complexity index is 1610. The Kier molecular flexibility index (Phi) is 14.8. The minimum Gasteiger partial charge on any atom is -1.00 e. The van der Waals surface area contributed by atoms with E-state index in [1.807, 2.05) is 0 Å². The van der Waals surface area contributed by atoms with Crippen molar-refractivity contribution >= 4 is 50.2 Å². The summed E-state index contributed by atoms with van der Waals surface area (Å²) >= 11 is 2.47. The first-order valence-corrected chi connectivity index (χ1v) is 27.5. The van der Waals surface area contributed by atoms with E-state index in [1.165, 1.54) is 33.4 Å². The van der Waals surface area contributed by atoms with Crippen molar-refractivity contribution in [2.24, 2.45) is 0 Å². The van der Waals surface area contributed by atoms with Crippen molar-refractivity contribution in [1.82, 2.24) is 0 Å². The predicted octanol–water partition coefficient (Wildman–Crippen LogP) is 0.402. The average Bonchev–Trinajstić information content (AvgIpc) is 3.06. The fourth-order valence-electron chi connectivity index (χ4n) is 7.85. The van der Waals surface area contributed by atoms with Gasteiger partial charge in [-0.05, 0) is 0 Å². The van der Waals surface area contributed by atoms with Gasteiger partial charge in [0.15, 0.2) is 0 Å². The number of hydrogen-bond acceptors (Lipinski definition) is 0. The summed E-state index contributed by atoms with van der Waals surface area (Å²) in [5, 5.41) is 7.80. The van der Waals surface area contributed by atoms with Crippen LogP contribution in [0, 0.1) is 13.8 Å². The molecule has 0 amide bonds. The Morgan fingerprint density at radius 1 is 0.480 bits per heavy atom. The molecule has 0 aliphatic heterocycles. The largest absolute Gasteiger partial charge is 1.00 e. The van der Waals surface area contributed by atoms with Crippen LogP contribution in [0.3, 0.4) is 0 Å². The predicted molar refractivity (Wildman–Crippen MR) is 216 cm³/mol. The SMILES string of the molecule is CC1=C(C)C(C)([Si](c2cc(C)cc(C)c2)(c2cc(C(C)(C)C)cc(C(C)(C)C)c2)c2cc([Si](C)(C)C)cc([Si](C)(C)C)c2)[C]([Ti+3])=C1C.[Cl-].[Cl-].[Cl-]. The third-order valence-electron chi connectivity index (χ3n) is 11.4. The molecule has 50 heavy (non-hydrogen) atoms. The zero-order valence-electron chi connectivity index (χ0n) is 34.3. The van der Waals surface area contributed by atoms with E-state index < -0.39 is 24.2 Å². The van der Waals surface area contributed by atoms with E-state index in [0.717, 1.165) is 0 Å². The molecule has 1 aliphatic rings. The maximum atomic E-state index is 2.73. The molecule has 3 aromatic rings. The van der Waals surface area contributed by atoms with Gasteiger partial charge in [-0.15, -0.1) is 0 Å². The molecule has 7 heteroatoms. The van der Waals surface area contributed by atoms with Crippen molar-refractivity contribution in [3.63, 3.8) is 0 Å². The van der Waals surface area contributed by atoms with Gasteiger partial charge in [0, 0.05) is 0 Å². The van der Waals surface area contributed by atoms with Gasteiger partial charge in [-0.1, -0.05) is 0 Å². The molecule has 0 fully saturated rings. The van der Waals surface area contributed by atoms with Crippen LogP contribution in [0.5, 0.6) is 0 Å². The van der Waals surface area contributed by atoms with Crippen molar-refractivity contribution in [1.29, 1.82) is 0 Å². The zero-order valence-corrected chi connectivity index (χ0v) is 41.2. The van der Waals surface area contributed by atoms with Crippen molar-refractivity contribution in [3.8, 4) is 0 Å². The molecule has 2 atom stereocenters. The van der Waals surface area contributed by atoms with Crippen molar-refractivity contribution in [2.45, 2.75) is 138 Å². The number of benzene rings is 3. The Balaban J connectivity index is 0.00000417. The monoisotopic (exact) mass is 816 g/mol. The van der Waals surface area contributed by atoms with Crippen LogP contribution < -0.4 is 63.2 Å².